The maximum atomic E-state index is 6.00. The molecule has 0 atom stereocenters. The van der Waals surface area contributed by atoms with E-state index >= 15 is 0 Å². The molecule has 3 heteroatoms. The molecule has 4 N–H and O–H groups in total. The summed E-state index contributed by atoms with van der Waals surface area (Å²) in [5.41, 5.74) is 15.3. The Morgan fingerprint density at radius 3 is 2.67 bits per heavy atom. The number of anilines is 2. The fourth-order valence-electron chi connectivity index (χ4n) is 1.88. The van der Waals surface area contributed by atoms with Gasteiger partial charge >= 0.3 is 0 Å². The van der Waals surface area contributed by atoms with Crippen molar-refractivity contribution in [1.29, 1.82) is 0 Å². The number of hydrogen-bond acceptors (Lipinski definition) is 3. The van der Waals surface area contributed by atoms with Crippen LogP contribution in [0.15, 0.2) is 24.3 Å². The smallest absolute Gasteiger partial charge is 0.0727 e. The summed E-state index contributed by atoms with van der Waals surface area (Å²) in [6.07, 6.45) is 2.49. The summed E-state index contributed by atoms with van der Waals surface area (Å²) in [6.45, 7) is 0. The molecule has 0 bridgehead atoms. The van der Waals surface area contributed by atoms with Gasteiger partial charge in [-0.05, 0) is 37.1 Å². The van der Waals surface area contributed by atoms with E-state index in [1.807, 2.05) is 24.3 Å². The van der Waals surface area contributed by atoms with Gasteiger partial charge in [0.25, 0.3) is 0 Å². The molecule has 76 valence electrons. The van der Waals surface area contributed by atoms with Crippen molar-refractivity contribution >= 4 is 22.3 Å². The highest BCUT2D eigenvalue weighted by atomic mass is 14.7. The first-order valence-electron chi connectivity index (χ1n) is 5.20. The summed E-state index contributed by atoms with van der Waals surface area (Å²) in [6, 6.07) is 7.67. The summed E-state index contributed by atoms with van der Waals surface area (Å²) in [4.78, 5) is 4.60. The molecule has 1 heterocycles. The number of benzene rings is 1. The van der Waals surface area contributed by atoms with Crippen LogP contribution in [0.5, 0.6) is 0 Å². The standard InChI is InChI=1S/C12H13N3/c13-8-3-4-11-9(5-8)10(14)6-12(15-11)7-1-2-7/h3-7H,1-2,13H2,(H2,14,15). The van der Waals surface area contributed by atoms with Crippen molar-refractivity contribution in [3.63, 3.8) is 0 Å². The first-order valence-corrected chi connectivity index (χ1v) is 5.20. The van der Waals surface area contributed by atoms with E-state index in [2.05, 4.69) is 4.98 Å². The average molecular weight is 199 g/mol. The van der Waals surface area contributed by atoms with Gasteiger partial charge in [0.15, 0.2) is 0 Å². The third-order valence-electron chi connectivity index (χ3n) is 2.88. The highest BCUT2D eigenvalue weighted by molar-refractivity contribution is 5.92. The third-order valence-corrected chi connectivity index (χ3v) is 2.88. The highest BCUT2D eigenvalue weighted by Crippen LogP contribution is 2.40. The van der Waals surface area contributed by atoms with Crippen LogP contribution in [-0.4, -0.2) is 4.98 Å². The van der Waals surface area contributed by atoms with Crippen molar-refractivity contribution < 1.29 is 0 Å². The van der Waals surface area contributed by atoms with Gasteiger partial charge < -0.3 is 11.5 Å². The van der Waals surface area contributed by atoms with Crippen molar-refractivity contribution in [1.82, 2.24) is 4.98 Å². The predicted molar refractivity (Wildman–Crippen MR) is 62.5 cm³/mol. The molecular formula is C12H13N3. The zero-order valence-electron chi connectivity index (χ0n) is 8.40. The van der Waals surface area contributed by atoms with Crippen molar-refractivity contribution in [3.8, 4) is 0 Å². The molecule has 1 aliphatic carbocycles. The van der Waals surface area contributed by atoms with Crippen LogP contribution in [0.1, 0.15) is 24.5 Å². The van der Waals surface area contributed by atoms with Gasteiger partial charge in [-0.3, -0.25) is 4.98 Å². The van der Waals surface area contributed by atoms with Crippen LogP contribution in [-0.2, 0) is 0 Å². The first-order chi connectivity index (χ1) is 7.24. The van der Waals surface area contributed by atoms with Crippen LogP contribution in [0, 0.1) is 0 Å². The lowest BCUT2D eigenvalue weighted by Gasteiger charge is -2.06. The molecular weight excluding hydrogens is 186 g/mol. The summed E-state index contributed by atoms with van der Waals surface area (Å²) < 4.78 is 0. The van der Waals surface area contributed by atoms with Gasteiger partial charge in [0.1, 0.15) is 0 Å². The highest BCUT2D eigenvalue weighted by Gasteiger charge is 2.25. The van der Waals surface area contributed by atoms with E-state index in [1.54, 1.807) is 0 Å². The monoisotopic (exact) mass is 199 g/mol. The molecule has 2 aromatic rings. The van der Waals surface area contributed by atoms with Crippen LogP contribution in [0.2, 0.25) is 0 Å². The van der Waals surface area contributed by atoms with Crippen molar-refractivity contribution in [3.05, 3.63) is 30.0 Å². The quantitative estimate of drug-likeness (QED) is 0.692. The van der Waals surface area contributed by atoms with Gasteiger partial charge in [0.05, 0.1) is 5.52 Å². The topological polar surface area (TPSA) is 64.9 Å². The molecule has 1 aliphatic rings. The number of nitrogens with zero attached hydrogens (tertiary/aromatic N) is 1. The van der Waals surface area contributed by atoms with E-state index in [0.29, 0.717) is 5.92 Å². The average Bonchev–Trinajstić information content (AvgIpc) is 3.02. The Hall–Kier alpha value is -1.77. The summed E-state index contributed by atoms with van der Waals surface area (Å²) in [5.74, 6) is 0.634. The molecule has 0 saturated heterocycles. The minimum absolute atomic E-state index is 0.634. The number of pyridine rings is 1. The lowest BCUT2D eigenvalue weighted by Crippen LogP contribution is -1.95. The van der Waals surface area contributed by atoms with E-state index in [0.717, 1.165) is 28.0 Å². The maximum absolute atomic E-state index is 6.00. The molecule has 0 radical (unpaired) electrons. The number of nitrogen functional groups attached to an aromatic ring is 2. The molecule has 3 nitrogen and oxygen atoms in total. The second-order valence-corrected chi connectivity index (χ2v) is 4.19. The van der Waals surface area contributed by atoms with Crippen LogP contribution in [0.3, 0.4) is 0 Å². The number of nitrogens with two attached hydrogens (primary N) is 2. The molecule has 1 fully saturated rings. The van der Waals surface area contributed by atoms with E-state index < -0.39 is 0 Å². The fourth-order valence-corrected chi connectivity index (χ4v) is 1.88. The summed E-state index contributed by atoms with van der Waals surface area (Å²) in [7, 11) is 0. The second kappa shape index (κ2) is 2.86. The van der Waals surface area contributed by atoms with Crippen molar-refractivity contribution in [2.45, 2.75) is 18.8 Å². The van der Waals surface area contributed by atoms with Crippen LogP contribution >= 0.6 is 0 Å². The van der Waals surface area contributed by atoms with E-state index in [9.17, 15) is 0 Å². The van der Waals surface area contributed by atoms with Crippen molar-refractivity contribution in [2.24, 2.45) is 0 Å². The minimum Gasteiger partial charge on any atom is -0.399 e. The zero-order valence-corrected chi connectivity index (χ0v) is 8.40. The molecule has 1 aromatic heterocycles. The molecule has 0 aliphatic heterocycles. The Kier molecular flexibility index (Phi) is 1.63. The normalized spacial score (nSPS) is 15.7. The lowest BCUT2D eigenvalue weighted by molar-refractivity contribution is 1.05. The molecule has 1 saturated carbocycles. The van der Waals surface area contributed by atoms with Gasteiger partial charge in [-0.25, -0.2) is 0 Å². The molecule has 0 unspecified atom stereocenters. The van der Waals surface area contributed by atoms with Crippen LogP contribution in [0.4, 0.5) is 11.4 Å². The number of hydrogen-bond donors (Lipinski definition) is 2. The number of rotatable bonds is 1. The summed E-state index contributed by atoms with van der Waals surface area (Å²) >= 11 is 0. The second-order valence-electron chi connectivity index (χ2n) is 4.19. The SMILES string of the molecule is Nc1ccc2nc(C3CC3)cc(N)c2c1. The molecule has 1 aromatic carbocycles. The Morgan fingerprint density at radius 2 is 1.93 bits per heavy atom. The van der Waals surface area contributed by atoms with E-state index in [4.69, 9.17) is 11.5 Å². The molecule has 0 amide bonds. The fraction of sp³-hybridized carbons (Fsp3) is 0.250. The third kappa shape index (κ3) is 1.40. The Morgan fingerprint density at radius 1 is 1.13 bits per heavy atom. The van der Waals surface area contributed by atoms with Gasteiger partial charge in [-0.2, -0.15) is 0 Å². The van der Waals surface area contributed by atoms with E-state index in [1.165, 1.54) is 12.8 Å². The zero-order chi connectivity index (χ0) is 10.4. The Balaban J connectivity index is 2.26. The minimum atomic E-state index is 0.634. The molecule has 3 rings (SSSR count). The van der Waals surface area contributed by atoms with Crippen molar-refractivity contribution in [2.75, 3.05) is 11.5 Å². The Bertz CT molecular complexity index is 530. The maximum Gasteiger partial charge on any atom is 0.0727 e. The van der Waals surface area contributed by atoms with Gasteiger partial charge in [-0.1, -0.05) is 0 Å². The van der Waals surface area contributed by atoms with Crippen LogP contribution in [0.25, 0.3) is 10.9 Å². The Labute approximate surface area is 88.1 Å². The largest absolute Gasteiger partial charge is 0.399 e. The van der Waals surface area contributed by atoms with Gasteiger partial charge in [0.2, 0.25) is 0 Å². The lowest BCUT2D eigenvalue weighted by atomic mass is 10.1. The van der Waals surface area contributed by atoms with Crippen LogP contribution < -0.4 is 11.5 Å². The number of fused-ring (bicyclic) bond motifs is 1. The summed E-state index contributed by atoms with van der Waals surface area (Å²) in [5, 5.41) is 0.958. The molecule has 15 heavy (non-hydrogen) atoms. The van der Waals surface area contributed by atoms with Gasteiger partial charge in [0, 0.05) is 28.4 Å². The number of aromatic nitrogens is 1. The molecule has 0 spiro atoms. The van der Waals surface area contributed by atoms with Gasteiger partial charge in [-0.15, -0.1) is 0 Å². The first kappa shape index (κ1) is 8.53. The van der Waals surface area contributed by atoms with E-state index in [-0.39, 0.29) is 0 Å². The predicted octanol–water partition coefficient (Wildman–Crippen LogP) is 2.28.